The molecule has 24 heavy (non-hydrogen) atoms. The van der Waals surface area contributed by atoms with Crippen molar-refractivity contribution < 1.29 is 4.79 Å². The molecular weight excluding hydrogens is 296 g/mol. The van der Waals surface area contributed by atoms with Crippen molar-refractivity contribution >= 4 is 5.91 Å². The molecule has 0 aliphatic carbocycles. The molecule has 0 saturated carbocycles. The van der Waals surface area contributed by atoms with Crippen LogP contribution in [0.4, 0.5) is 0 Å². The first-order valence-corrected chi connectivity index (χ1v) is 8.03. The monoisotopic (exact) mass is 316 g/mol. The molecule has 0 fully saturated rings. The molecule has 1 amide bonds. The van der Waals surface area contributed by atoms with E-state index < -0.39 is 0 Å². The fourth-order valence-corrected chi connectivity index (χ4v) is 2.60. The Kier molecular flexibility index (Phi) is 5.38. The molecule has 0 unspecified atom stereocenters. The highest BCUT2D eigenvalue weighted by molar-refractivity contribution is 5.93. The third-order valence-corrected chi connectivity index (χ3v) is 3.88. The molecule has 120 valence electrons. The van der Waals surface area contributed by atoms with Gasteiger partial charge in [0.1, 0.15) is 0 Å². The zero-order valence-electron chi connectivity index (χ0n) is 13.4. The molecule has 1 atom stereocenters. The van der Waals surface area contributed by atoms with Gasteiger partial charge >= 0.3 is 0 Å². The lowest BCUT2D eigenvalue weighted by atomic mass is 9.99. The summed E-state index contributed by atoms with van der Waals surface area (Å²) in [6, 6.07) is 29.6. The molecular formula is C21H20N2O. The predicted octanol–water partition coefficient (Wildman–Crippen LogP) is 3.91. The second-order valence-corrected chi connectivity index (χ2v) is 5.62. The highest BCUT2D eigenvalue weighted by Crippen LogP contribution is 2.17. The van der Waals surface area contributed by atoms with Gasteiger partial charge in [-0.25, -0.2) is 5.43 Å². The summed E-state index contributed by atoms with van der Waals surface area (Å²) in [4.78, 5) is 12.3. The Morgan fingerprint density at radius 3 is 1.92 bits per heavy atom. The van der Waals surface area contributed by atoms with Gasteiger partial charge in [-0.1, -0.05) is 78.9 Å². The lowest BCUT2D eigenvalue weighted by Gasteiger charge is -2.20. The van der Waals surface area contributed by atoms with E-state index in [2.05, 4.69) is 35.1 Å². The number of amides is 1. The summed E-state index contributed by atoms with van der Waals surface area (Å²) >= 11 is 0. The molecule has 3 aromatic carbocycles. The summed E-state index contributed by atoms with van der Waals surface area (Å²) in [5.41, 5.74) is 9.00. The van der Waals surface area contributed by atoms with E-state index >= 15 is 0 Å². The van der Waals surface area contributed by atoms with E-state index in [1.54, 1.807) is 12.1 Å². The zero-order chi connectivity index (χ0) is 16.6. The number of nitrogens with one attached hydrogen (secondary N) is 2. The molecule has 2 N–H and O–H groups in total. The van der Waals surface area contributed by atoms with Gasteiger partial charge < -0.3 is 0 Å². The summed E-state index contributed by atoms with van der Waals surface area (Å²) in [6.07, 6.45) is 0.792. The minimum Gasteiger partial charge on any atom is -0.287 e. The molecule has 0 aromatic heterocycles. The van der Waals surface area contributed by atoms with E-state index in [1.807, 2.05) is 54.6 Å². The minimum absolute atomic E-state index is 0.00117. The van der Waals surface area contributed by atoms with Gasteiger partial charge in [-0.05, 0) is 29.7 Å². The van der Waals surface area contributed by atoms with Gasteiger partial charge in [0.05, 0.1) is 6.04 Å². The number of hydrogen-bond donors (Lipinski definition) is 2. The Labute approximate surface area is 142 Å². The number of rotatable bonds is 6. The lowest BCUT2D eigenvalue weighted by Crippen LogP contribution is -2.40. The molecule has 0 aliphatic rings. The molecule has 0 heterocycles. The molecule has 0 spiro atoms. The Balaban J connectivity index is 1.72. The van der Waals surface area contributed by atoms with Crippen LogP contribution in [0.5, 0.6) is 0 Å². The van der Waals surface area contributed by atoms with Gasteiger partial charge in [0.15, 0.2) is 0 Å². The summed E-state index contributed by atoms with van der Waals surface area (Å²) in [5.74, 6) is -0.135. The van der Waals surface area contributed by atoms with E-state index in [0.717, 1.165) is 12.0 Å². The van der Waals surface area contributed by atoms with Gasteiger partial charge in [-0.15, -0.1) is 0 Å². The predicted molar refractivity (Wildman–Crippen MR) is 96.4 cm³/mol. The van der Waals surface area contributed by atoms with Crippen LogP contribution in [-0.2, 0) is 6.42 Å². The smallest absolute Gasteiger partial charge is 0.265 e. The fraction of sp³-hybridized carbons (Fsp3) is 0.0952. The zero-order valence-corrected chi connectivity index (χ0v) is 13.4. The van der Waals surface area contributed by atoms with E-state index in [9.17, 15) is 4.79 Å². The third kappa shape index (κ3) is 4.31. The van der Waals surface area contributed by atoms with Crippen molar-refractivity contribution in [1.29, 1.82) is 0 Å². The fourth-order valence-electron chi connectivity index (χ4n) is 2.60. The standard InChI is InChI=1S/C21H20N2O/c24-21(19-14-8-3-9-15-19)23-22-20(18-12-6-2-7-13-18)16-17-10-4-1-5-11-17/h1-15,20,22H,16H2,(H,23,24)/t20-/m0/s1. The topological polar surface area (TPSA) is 41.1 Å². The first-order chi connectivity index (χ1) is 11.8. The molecule has 0 bridgehead atoms. The van der Waals surface area contributed by atoms with Crippen LogP contribution in [0.1, 0.15) is 27.5 Å². The van der Waals surface area contributed by atoms with Crippen LogP contribution in [0.25, 0.3) is 0 Å². The van der Waals surface area contributed by atoms with Crippen LogP contribution in [0.3, 0.4) is 0 Å². The Morgan fingerprint density at radius 1 is 0.750 bits per heavy atom. The van der Waals surface area contributed by atoms with Crippen molar-refractivity contribution in [2.24, 2.45) is 0 Å². The number of hydrazine groups is 1. The van der Waals surface area contributed by atoms with Gasteiger partial charge in [0, 0.05) is 5.56 Å². The molecule has 3 heteroatoms. The highest BCUT2D eigenvalue weighted by Gasteiger charge is 2.13. The number of carbonyl (C=O) groups is 1. The van der Waals surface area contributed by atoms with Crippen LogP contribution >= 0.6 is 0 Å². The first kappa shape index (κ1) is 16.0. The highest BCUT2D eigenvalue weighted by atomic mass is 16.2. The van der Waals surface area contributed by atoms with Crippen molar-refractivity contribution in [3.63, 3.8) is 0 Å². The quantitative estimate of drug-likeness (QED) is 0.677. The van der Waals surface area contributed by atoms with E-state index in [0.29, 0.717) is 5.56 Å². The summed E-state index contributed by atoms with van der Waals surface area (Å²) in [5, 5.41) is 0. The summed E-state index contributed by atoms with van der Waals surface area (Å²) in [6.45, 7) is 0. The Morgan fingerprint density at radius 2 is 1.29 bits per heavy atom. The minimum atomic E-state index is -0.135. The lowest BCUT2D eigenvalue weighted by molar-refractivity contribution is 0.0924. The maximum absolute atomic E-state index is 12.3. The maximum Gasteiger partial charge on any atom is 0.265 e. The molecule has 0 saturated heterocycles. The normalized spacial score (nSPS) is 11.7. The molecule has 3 aromatic rings. The van der Waals surface area contributed by atoms with Gasteiger partial charge in [0.25, 0.3) is 5.91 Å². The van der Waals surface area contributed by atoms with Crippen molar-refractivity contribution in [3.05, 3.63) is 108 Å². The number of benzene rings is 3. The first-order valence-electron chi connectivity index (χ1n) is 8.03. The second kappa shape index (κ2) is 8.09. The van der Waals surface area contributed by atoms with E-state index in [1.165, 1.54) is 5.56 Å². The molecule has 3 nitrogen and oxygen atoms in total. The molecule has 0 radical (unpaired) electrons. The Bertz CT molecular complexity index is 758. The van der Waals surface area contributed by atoms with Crippen molar-refractivity contribution in [3.8, 4) is 0 Å². The van der Waals surface area contributed by atoms with Crippen molar-refractivity contribution in [2.45, 2.75) is 12.5 Å². The average molecular weight is 316 g/mol. The number of carbonyl (C=O) groups excluding carboxylic acids is 1. The molecule has 3 rings (SSSR count). The summed E-state index contributed by atoms with van der Waals surface area (Å²) in [7, 11) is 0. The SMILES string of the molecule is O=C(NN[C@@H](Cc1ccccc1)c1ccccc1)c1ccccc1. The van der Waals surface area contributed by atoms with E-state index in [-0.39, 0.29) is 11.9 Å². The van der Waals surface area contributed by atoms with Gasteiger partial charge in [0.2, 0.25) is 0 Å². The largest absolute Gasteiger partial charge is 0.287 e. The van der Waals surface area contributed by atoms with Crippen LogP contribution < -0.4 is 10.9 Å². The maximum atomic E-state index is 12.3. The van der Waals surface area contributed by atoms with Gasteiger partial charge in [-0.3, -0.25) is 10.2 Å². The average Bonchev–Trinajstić information content (AvgIpc) is 2.67. The van der Waals surface area contributed by atoms with Crippen LogP contribution in [0, 0.1) is 0 Å². The van der Waals surface area contributed by atoms with Gasteiger partial charge in [-0.2, -0.15) is 0 Å². The molecule has 0 aliphatic heterocycles. The van der Waals surface area contributed by atoms with Crippen LogP contribution in [0.15, 0.2) is 91.0 Å². The van der Waals surface area contributed by atoms with E-state index in [4.69, 9.17) is 0 Å². The number of hydrogen-bond acceptors (Lipinski definition) is 2. The Hall–Kier alpha value is -2.91. The third-order valence-electron chi connectivity index (χ3n) is 3.88. The second-order valence-electron chi connectivity index (χ2n) is 5.62. The van der Waals surface area contributed by atoms with Crippen LogP contribution in [0.2, 0.25) is 0 Å². The summed E-state index contributed by atoms with van der Waals surface area (Å²) < 4.78 is 0. The van der Waals surface area contributed by atoms with Crippen LogP contribution in [-0.4, -0.2) is 5.91 Å². The van der Waals surface area contributed by atoms with Crippen molar-refractivity contribution in [2.75, 3.05) is 0 Å². The van der Waals surface area contributed by atoms with Crippen molar-refractivity contribution in [1.82, 2.24) is 10.9 Å².